The van der Waals surface area contributed by atoms with Crippen LogP contribution in [0.2, 0.25) is 0 Å². The van der Waals surface area contributed by atoms with Gasteiger partial charge in [-0.15, -0.1) is 0 Å². The minimum atomic E-state index is 0.137. The van der Waals surface area contributed by atoms with E-state index in [4.69, 9.17) is 24.9 Å². The summed E-state index contributed by atoms with van der Waals surface area (Å²) in [6, 6.07) is 24.8. The summed E-state index contributed by atoms with van der Waals surface area (Å²) in [5.74, 6) is 3.00. The first-order valence-electron chi connectivity index (χ1n) is 17.2. The van der Waals surface area contributed by atoms with Gasteiger partial charge in [0.1, 0.15) is 5.82 Å². The second kappa shape index (κ2) is 14.7. The zero-order chi connectivity index (χ0) is 34.5. The molecular formula is C44H40N6. The largest absolute Gasteiger partial charge is 0.257 e. The van der Waals surface area contributed by atoms with Crippen molar-refractivity contribution in [2.24, 2.45) is 0 Å². The van der Waals surface area contributed by atoms with Gasteiger partial charge in [-0.25, -0.2) is 24.9 Å². The maximum absolute atomic E-state index is 5.09. The van der Waals surface area contributed by atoms with Gasteiger partial charge in [-0.3, -0.25) is 4.98 Å². The summed E-state index contributed by atoms with van der Waals surface area (Å²) in [6.07, 6.45) is 22.2. The number of nitrogens with zero attached hydrogens (tertiary/aromatic N) is 6. The van der Waals surface area contributed by atoms with E-state index in [1.54, 1.807) is 0 Å². The van der Waals surface area contributed by atoms with Crippen LogP contribution in [0.5, 0.6) is 0 Å². The highest BCUT2D eigenvalue weighted by Gasteiger charge is 2.19. The van der Waals surface area contributed by atoms with Crippen molar-refractivity contribution in [1.29, 1.82) is 0 Å². The average molecular weight is 653 g/mol. The molecule has 1 unspecified atom stereocenters. The second-order valence-corrected chi connectivity index (χ2v) is 12.9. The molecule has 0 amide bonds. The molecule has 3 aromatic heterocycles. The van der Waals surface area contributed by atoms with Gasteiger partial charge in [0.15, 0.2) is 17.5 Å². The van der Waals surface area contributed by atoms with Crippen molar-refractivity contribution in [1.82, 2.24) is 29.9 Å². The van der Waals surface area contributed by atoms with Gasteiger partial charge in [-0.05, 0) is 111 Å². The lowest BCUT2D eigenvalue weighted by molar-refractivity contribution is 0.759. The molecule has 246 valence electrons. The summed E-state index contributed by atoms with van der Waals surface area (Å²) < 4.78 is 0. The Morgan fingerprint density at radius 1 is 0.640 bits per heavy atom. The molecule has 2 aliphatic rings. The first-order valence-corrected chi connectivity index (χ1v) is 17.2. The monoisotopic (exact) mass is 652 g/mol. The third-order valence-electron chi connectivity index (χ3n) is 8.98. The lowest BCUT2D eigenvalue weighted by Crippen LogP contribution is -2.06. The highest BCUT2D eigenvalue weighted by molar-refractivity contribution is 5.83. The summed E-state index contributed by atoms with van der Waals surface area (Å²) >= 11 is 0. The van der Waals surface area contributed by atoms with Crippen molar-refractivity contribution >= 4 is 22.3 Å². The molecule has 3 heterocycles. The summed E-state index contributed by atoms with van der Waals surface area (Å²) in [5.41, 5.74) is 11.4. The highest BCUT2D eigenvalue weighted by atomic mass is 15.0. The molecule has 0 N–H and O–H groups in total. The smallest absolute Gasteiger partial charge is 0.164 e. The van der Waals surface area contributed by atoms with Crippen LogP contribution in [-0.4, -0.2) is 29.9 Å². The summed E-state index contributed by atoms with van der Waals surface area (Å²) in [4.78, 5) is 29.1. The SMILES string of the molecule is C/C(=C\C=C(/C)c1ccccn1)c1cc(C2=CCC(c3nc(C)cc(C)n3)C=C2)cc(-c2nc(C3=CCCC=C3)nc(-c3ccccc3)n2)c1. The molecule has 7 rings (SSSR count). The first kappa shape index (κ1) is 32.7. The van der Waals surface area contributed by atoms with E-state index in [0.717, 1.165) is 86.7 Å². The molecule has 0 saturated heterocycles. The van der Waals surface area contributed by atoms with Gasteiger partial charge in [0.2, 0.25) is 0 Å². The predicted octanol–water partition coefficient (Wildman–Crippen LogP) is 10.4. The van der Waals surface area contributed by atoms with Crippen molar-refractivity contribution in [2.75, 3.05) is 0 Å². The maximum atomic E-state index is 5.09. The molecule has 1 atom stereocenters. The van der Waals surface area contributed by atoms with E-state index in [2.05, 4.69) is 85.6 Å². The van der Waals surface area contributed by atoms with E-state index >= 15 is 0 Å². The number of allylic oxidation sites excluding steroid dienone is 12. The summed E-state index contributed by atoms with van der Waals surface area (Å²) in [6.45, 7) is 8.29. The lowest BCUT2D eigenvalue weighted by Gasteiger charge is -2.18. The Morgan fingerprint density at radius 3 is 2.06 bits per heavy atom. The molecular weight excluding hydrogens is 613 g/mol. The van der Waals surface area contributed by atoms with Gasteiger partial charge in [-0.1, -0.05) is 85.0 Å². The van der Waals surface area contributed by atoms with Gasteiger partial charge in [0.25, 0.3) is 0 Å². The van der Waals surface area contributed by atoms with Crippen LogP contribution in [0.15, 0.2) is 128 Å². The summed E-state index contributed by atoms with van der Waals surface area (Å²) in [7, 11) is 0. The predicted molar refractivity (Wildman–Crippen MR) is 205 cm³/mol. The normalized spacial score (nSPS) is 16.3. The number of rotatable bonds is 8. The molecule has 0 radical (unpaired) electrons. The van der Waals surface area contributed by atoms with Crippen molar-refractivity contribution < 1.29 is 0 Å². The Labute approximate surface area is 294 Å². The van der Waals surface area contributed by atoms with Crippen molar-refractivity contribution in [2.45, 2.75) is 52.9 Å². The lowest BCUT2D eigenvalue weighted by atomic mass is 9.90. The number of pyridine rings is 1. The van der Waals surface area contributed by atoms with Crippen LogP contribution in [0, 0.1) is 13.8 Å². The minimum absolute atomic E-state index is 0.137. The van der Waals surface area contributed by atoms with Gasteiger partial charge < -0.3 is 0 Å². The highest BCUT2D eigenvalue weighted by Crippen LogP contribution is 2.34. The van der Waals surface area contributed by atoms with E-state index in [1.807, 2.05) is 74.6 Å². The molecule has 2 aliphatic carbocycles. The molecule has 6 heteroatoms. The zero-order valence-corrected chi connectivity index (χ0v) is 29.0. The third-order valence-corrected chi connectivity index (χ3v) is 8.98. The molecule has 5 aromatic rings. The third kappa shape index (κ3) is 7.55. The van der Waals surface area contributed by atoms with Gasteiger partial charge in [0.05, 0.1) is 5.69 Å². The second-order valence-electron chi connectivity index (χ2n) is 12.9. The van der Waals surface area contributed by atoms with E-state index in [-0.39, 0.29) is 5.92 Å². The molecule has 50 heavy (non-hydrogen) atoms. The Morgan fingerprint density at radius 2 is 1.36 bits per heavy atom. The van der Waals surface area contributed by atoms with Crippen LogP contribution >= 0.6 is 0 Å². The minimum Gasteiger partial charge on any atom is -0.257 e. The van der Waals surface area contributed by atoms with Crippen molar-refractivity contribution in [3.05, 3.63) is 167 Å². The van der Waals surface area contributed by atoms with Crippen LogP contribution in [0.4, 0.5) is 0 Å². The van der Waals surface area contributed by atoms with Crippen LogP contribution in [0.25, 0.3) is 45.1 Å². The Balaban J connectivity index is 1.33. The zero-order valence-electron chi connectivity index (χ0n) is 29.0. The first-order chi connectivity index (χ1) is 24.4. The molecule has 0 fully saturated rings. The fraction of sp³-hybridized carbons (Fsp3) is 0.182. The average Bonchev–Trinajstić information content (AvgIpc) is 3.17. The number of hydrogen-bond donors (Lipinski definition) is 0. The molecule has 0 spiro atoms. The van der Waals surface area contributed by atoms with E-state index in [9.17, 15) is 0 Å². The number of hydrogen-bond acceptors (Lipinski definition) is 6. The Hall–Kier alpha value is -5.88. The number of aryl methyl sites for hydroxylation is 2. The molecule has 0 saturated carbocycles. The summed E-state index contributed by atoms with van der Waals surface area (Å²) in [5, 5.41) is 0. The number of benzene rings is 2. The maximum Gasteiger partial charge on any atom is 0.164 e. The van der Waals surface area contributed by atoms with Crippen LogP contribution in [0.3, 0.4) is 0 Å². The Bertz CT molecular complexity index is 2200. The molecule has 6 nitrogen and oxygen atoms in total. The van der Waals surface area contributed by atoms with Gasteiger partial charge in [0, 0.05) is 40.2 Å². The molecule has 0 bridgehead atoms. The topological polar surface area (TPSA) is 77.3 Å². The van der Waals surface area contributed by atoms with E-state index in [1.165, 1.54) is 0 Å². The Kier molecular flexibility index (Phi) is 9.61. The fourth-order valence-electron chi connectivity index (χ4n) is 6.25. The van der Waals surface area contributed by atoms with E-state index in [0.29, 0.717) is 17.5 Å². The van der Waals surface area contributed by atoms with E-state index < -0.39 is 0 Å². The van der Waals surface area contributed by atoms with Crippen molar-refractivity contribution in [3.63, 3.8) is 0 Å². The standard InChI is InChI=1S/C44H40N6/c1-29(18-19-30(2)40-17-11-12-24-45-40)37-26-38(33-20-22-36(23-21-33)41-46-31(3)25-32(4)47-41)28-39(27-37)44-49-42(34-13-7-5-8-14-34)48-43(50-44)35-15-9-6-10-16-35/h5,7-9,11-22,24-28,36H,6,10,23H2,1-4H3/b29-18+,30-19+. The van der Waals surface area contributed by atoms with Crippen LogP contribution in [-0.2, 0) is 0 Å². The van der Waals surface area contributed by atoms with Crippen LogP contribution < -0.4 is 0 Å². The number of aromatic nitrogens is 6. The fourth-order valence-corrected chi connectivity index (χ4v) is 6.25. The van der Waals surface area contributed by atoms with Crippen LogP contribution in [0.1, 0.15) is 78.9 Å². The van der Waals surface area contributed by atoms with Gasteiger partial charge in [-0.2, -0.15) is 0 Å². The molecule has 0 aliphatic heterocycles. The molecule has 2 aromatic carbocycles. The quantitative estimate of drug-likeness (QED) is 0.155. The van der Waals surface area contributed by atoms with Gasteiger partial charge >= 0.3 is 0 Å². The van der Waals surface area contributed by atoms with Crippen molar-refractivity contribution in [3.8, 4) is 22.8 Å².